The molecule has 1 saturated heterocycles. The van der Waals surface area contributed by atoms with Crippen LogP contribution in [0.1, 0.15) is 39.0 Å². The van der Waals surface area contributed by atoms with Gasteiger partial charge in [-0.3, -0.25) is 5.32 Å². The number of rotatable bonds is 8. The lowest BCUT2D eigenvalue weighted by Crippen LogP contribution is -2.29. The summed E-state index contributed by atoms with van der Waals surface area (Å²) in [5.41, 5.74) is 0.760. The molecule has 0 aromatic carbocycles. The fourth-order valence-corrected chi connectivity index (χ4v) is 3.28. The Balaban J connectivity index is 0.000000414. The Hall–Kier alpha value is -3.54. The van der Waals surface area contributed by atoms with Crippen molar-refractivity contribution in [3.8, 4) is 0 Å². The molecule has 2 aromatic heterocycles. The van der Waals surface area contributed by atoms with Gasteiger partial charge in [-0.2, -0.15) is 5.10 Å². The maximum Gasteiger partial charge on any atom is 0.328 e. The Morgan fingerprint density at radius 2 is 1.70 bits per heavy atom. The van der Waals surface area contributed by atoms with Crippen molar-refractivity contribution in [2.24, 2.45) is 0 Å². The number of nitrogens with zero attached hydrogens (tertiary/aromatic N) is 5. The van der Waals surface area contributed by atoms with Crippen LogP contribution in [-0.2, 0) is 16.1 Å². The van der Waals surface area contributed by atoms with E-state index < -0.39 is 11.9 Å². The van der Waals surface area contributed by atoms with Gasteiger partial charge in [-0.25, -0.2) is 29.0 Å². The minimum Gasteiger partial charge on any atom is -0.478 e. The molecule has 1 aliphatic rings. The van der Waals surface area contributed by atoms with Gasteiger partial charge in [-0.1, -0.05) is 19.8 Å². The van der Waals surface area contributed by atoms with Crippen LogP contribution in [0.25, 0.3) is 11.0 Å². The van der Waals surface area contributed by atoms with Crippen molar-refractivity contribution in [2.45, 2.75) is 45.6 Å². The van der Waals surface area contributed by atoms with E-state index in [1.807, 2.05) is 11.6 Å². The van der Waals surface area contributed by atoms with Gasteiger partial charge in [0.1, 0.15) is 12.1 Å². The summed E-state index contributed by atoms with van der Waals surface area (Å²) in [6.07, 6.45) is 10.4. The second-order valence-corrected chi connectivity index (χ2v) is 7.47. The minimum absolute atomic E-state index is 0.251. The summed E-state index contributed by atoms with van der Waals surface area (Å²) in [7, 11) is 0. The molecule has 0 saturated carbocycles. The van der Waals surface area contributed by atoms with E-state index in [9.17, 15) is 14.4 Å². The van der Waals surface area contributed by atoms with Gasteiger partial charge < -0.3 is 20.4 Å². The van der Waals surface area contributed by atoms with Crippen LogP contribution in [0.15, 0.2) is 24.7 Å². The first-order valence-electron chi connectivity index (χ1n) is 11.0. The number of aromatic nitrogens is 4. The van der Waals surface area contributed by atoms with Gasteiger partial charge in [0.2, 0.25) is 0 Å². The Kier molecular flexibility index (Phi) is 10.7. The van der Waals surface area contributed by atoms with E-state index in [0.717, 1.165) is 30.5 Å². The van der Waals surface area contributed by atoms with E-state index in [2.05, 4.69) is 30.6 Å². The number of amides is 2. The molecule has 0 radical (unpaired) electrons. The van der Waals surface area contributed by atoms with E-state index in [1.165, 1.54) is 45.1 Å². The highest BCUT2D eigenvalue weighted by atomic mass is 16.4. The van der Waals surface area contributed by atoms with Crippen LogP contribution in [-0.4, -0.2) is 79.0 Å². The van der Waals surface area contributed by atoms with Gasteiger partial charge in [0.15, 0.2) is 5.65 Å². The molecule has 0 bridgehead atoms. The fraction of sp³-hybridized carbons (Fsp3) is 0.524. The molecule has 3 rings (SSSR count). The monoisotopic (exact) mass is 461 g/mol. The molecule has 2 aromatic rings. The minimum atomic E-state index is -1.26. The number of aliphatic carboxylic acids is 2. The van der Waals surface area contributed by atoms with E-state index in [-0.39, 0.29) is 6.03 Å². The van der Waals surface area contributed by atoms with Crippen molar-refractivity contribution in [1.82, 2.24) is 30.0 Å². The van der Waals surface area contributed by atoms with E-state index in [1.54, 1.807) is 6.20 Å². The molecule has 1 fully saturated rings. The van der Waals surface area contributed by atoms with Gasteiger partial charge >= 0.3 is 18.0 Å². The lowest BCUT2D eigenvalue weighted by Gasteiger charge is -2.19. The Labute approximate surface area is 191 Å². The van der Waals surface area contributed by atoms with Gasteiger partial charge in [0.25, 0.3) is 0 Å². The number of anilines is 1. The summed E-state index contributed by atoms with van der Waals surface area (Å²) in [6.45, 7) is 6.74. The third-order valence-corrected chi connectivity index (χ3v) is 4.90. The molecule has 180 valence electrons. The largest absolute Gasteiger partial charge is 0.478 e. The van der Waals surface area contributed by atoms with E-state index >= 15 is 0 Å². The van der Waals surface area contributed by atoms with Crippen molar-refractivity contribution in [1.29, 1.82) is 0 Å². The van der Waals surface area contributed by atoms with Crippen LogP contribution in [0.2, 0.25) is 0 Å². The first-order valence-corrected chi connectivity index (χ1v) is 11.0. The number of urea groups is 1. The number of carboxylic acids is 2. The summed E-state index contributed by atoms with van der Waals surface area (Å²) in [5, 5.41) is 26.4. The molecular weight excluding hydrogens is 430 g/mol. The summed E-state index contributed by atoms with van der Waals surface area (Å²) < 4.78 is 1.90. The van der Waals surface area contributed by atoms with Crippen molar-refractivity contribution in [2.75, 3.05) is 31.5 Å². The van der Waals surface area contributed by atoms with Crippen molar-refractivity contribution < 1.29 is 24.6 Å². The van der Waals surface area contributed by atoms with Crippen LogP contribution in [0.4, 0.5) is 10.6 Å². The molecular formula is C21H31N7O5. The normalized spacial score (nSPS) is 14.3. The number of likely N-dealkylation sites (tertiary alicyclic amines) is 1. The van der Waals surface area contributed by atoms with Crippen LogP contribution in [0.5, 0.6) is 0 Å². The molecule has 4 N–H and O–H groups in total. The van der Waals surface area contributed by atoms with E-state index in [0.29, 0.717) is 24.5 Å². The third-order valence-electron chi connectivity index (χ3n) is 4.90. The van der Waals surface area contributed by atoms with Gasteiger partial charge in [-0.05, 0) is 32.4 Å². The molecule has 3 heterocycles. The molecule has 2 amide bonds. The van der Waals surface area contributed by atoms with Crippen molar-refractivity contribution >= 4 is 34.8 Å². The molecule has 1 aliphatic heterocycles. The number of hydrogen-bond donors (Lipinski definition) is 4. The zero-order valence-corrected chi connectivity index (χ0v) is 18.7. The SMILES string of the molecule is CCCNC(=O)Nc1ncnc2c1cnn2CCN1CCCCCC1.O=C(O)/C=C\C(=O)O. The van der Waals surface area contributed by atoms with Gasteiger partial charge in [0.05, 0.1) is 18.1 Å². The topological polar surface area (TPSA) is 163 Å². The molecule has 33 heavy (non-hydrogen) atoms. The summed E-state index contributed by atoms with van der Waals surface area (Å²) in [5.74, 6) is -2.01. The highest BCUT2D eigenvalue weighted by Gasteiger charge is 2.14. The molecule has 12 nitrogen and oxygen atoms in total. The first-order chi connectivity index (χ1) is 15.9. The summed E-state index contributed by atoms with van der Waals surface area (Å²) in [4.78, 5) is 42.0. The predicted octanol–water partition coefficient (Wildman–Crippen LogP) is 1.95. The quantitative estimate of drug-likeness (QED) is 0.430. The number of fused-ring (bicyclic) bond motifs is 1. The molecule has 0 spiro atoms. The summed E-state index contributed by atoms with van der Waals surface area (Å²) >= 11 is 0. The van der Waals surface area contributed by atoms with Crippen molar-refractivity contribution in [3.05, 3.63) is 24.7 Å². The second-order valence-electron chi connectivity index (χ2n) is 7.47. The number of carbonyl (C=O) groups excluding carboxylic acids is 1. The molecule has 0 atom stereocenters. The van der Waals surface area contributed by atoms with Crippen LogP contribution in [0.3, 0.4) is 0 Å². The number of carboxylic acid groups (broad SMARTS) is 2. The van der Waals surface area contributed by atoms with Gasteiger partial charge in [-0.15, -0.1) is 0 Å². The third kappa shape index (κ3) is 9.23. The van der Waals surface area contributed by atoms with E-state index in [4.69, 9.17) is 10.2 Å². The van der Waals surface area contributed by atoms with Gasteiger partial charge in [0, 0.05) is 25.2 Å². The highest BCUT2D eigenvalue weighted by Crippen LogP contribution is 2.18. The smallest absolute Gasteiger partial charge is 0.328 e. The van der Waals surface area contributed by atoms with Crippen LogP contribution >= 0.6 is 0 Å². The summed E-state index contributed by atoms with van der Waals surface area (Å²) in [6, 6.07) is -0.251. The Morgan fingerprint density at radius 1 is 1.03 bits per heavy atom. The number of carbonyl (C=O) groups is 3. The van der Waals surface area contributed by atoms with Crippen LogP contribution < -0.4 is 10.6 Å². The maximum atomic E-state index is 11.9. The Bertz CT molecular complexity index is 936. The predicted molar refractivity (Wildman–Crippen MR) is 122 cm³/mol. The molecule has 12 heteroatoms. The highest BCUT2D eigenvalue weighted by molar-refractivity contribution is 5.97. The lowest BCUT2D eigenvalue weighted by atomic mass is 10.2. The average Bonchev–Trinajstić information content (AvgIpc) is 3.02. The van der Waals surface area contributed by atoms with Crippen LogP contribution in [0, 0.1) is 0 Å². The standard InChI is InChI=1S/C17H27N7O.C4H4O4/c1-2-7-18-17(25)22-15-14-12-21-24(16(14)20-13-19-15)11-10-23-8-5-3-4-6-9-23;5-3(6)1-2-4(7)8/h12-13H,2-11H2,1H3,(H2,18,19,20,22,25);1-2H,(H,5,6)(H,7,8)/b;2-1-. The number of nitrogens with one attached hydrogen (secondary N) is 2. The fourth-order valence-electron chi connectivity index (χ4n) is 3.28. The molecule has 0 aliphatic carbocycles. The lowest BCUT2D eigenvalue weighted by molar-refractivity contribution is -0.134. The van der Waals surface area contributed by atoms with Crippen molar-refractivity contribution in [3.63, 3.8) is 0 Å². The second kappa shape index (κ2) is 13.8. The first kappa shape index (κ1) is 25.7. The zero-order valence-electron chi connectivity index (χ0n) is 18.7. The number of hydrogen-bond acceptors (Lipinski definition) is 7. The Morgan fingerprint density at radius 3 is 2.30 bits per heavy atom. The zero-order chi connectivity index (χ0) is 24.1. The maximum absolute atomic E-state index is 11.9. The average molecular weight is 462 g/mol. The molecule has 0 unspecified atom stereocenters.